The molecule has 0 unspecified atom stereocenters. The van der Waals surface area contributed by atoms with E-state index in [4.69, 9.17) is 17.3 Å². The lowest BCUT2D eigenvalue weighted by molar-refractivity contribution is -0.137. The Hall–Kier alpha value is -2.02. The van der Waals surface area contributed by atoms with E-state index in [2.05, 4.69) is 5.10 Å². The number of primary amides is 1. The van der Waals surface area contributed by atoms with Gasteiger partial charge in [-0.05, 0) is 12.1 Å². The molecule has 100 valence electrons. The van der Waals surface area contributed by atoms with Gasteiger partial charge in [-0.1, -0.05) is 23.7 Å². The summed E-state index contributed by atoms with van der Waals surface area (Å²) >= 11 is 5.86. The van der Waals surface area contributed by atoms with E-state index >= 15 is 0 Å². The highest BCUT2D eigenvalue weighted by Crippen LogP contribution is 2.32. The van der Waals surface area contributed by atoms with Crippen LogP contribution in [0.15, 0.2) is 30.5 Å². The summed E-state index contributed by atoms with van der Waals surface area (Å²) in [6.45, 7) is 0. The monoisotopic (exact) mass is 289 g/mol. The van der Waals surface area contributed by atoms with Crippen LogP contribution in [0, 0.1) is 0 Å². The number of hydrogen-bond acceptors (Lipinski definition) is 2. The van der Waals surface area contributed by atoms with E-state index in [1.807, 2.05) is 0 Å². The predicted octanol–water partition coefficient (Wildman–Crippen LogP) is 2.64. The lowest BCUT2D eigenvalue weighted by atomic mass is 10.2. The van der Waals surface area contributed by atoms with Crippen LogP contribution in [0.5, 0.6) is 0 Å². The van der Waals surface area contributed by atoms with Gasteiger partial charge in [0.25, 0.3) is 5.91 Å². The number of aromatic nitrogens is 2. The largest absolute Gasteiger partial charge is 0.420 e. The molecular formula is C11H7ClF3N3O. The molecule has 2 aromatic rings. The van der Waals surface area contributed by atoms with E-state index in [9.17, 15) is 18.0 Å². The van der Waals surface area contributed by atoms with Crippen molar-refractivity contribution in [3.05, 3.63) is 46.7 Å². The van der Waals surface area contributed by atoms with Crippen molar-refractivity contribution in [1.29, 1.82) is 0 Å². The zero-order valence-corrected chi connectivity index (χ0v) is 10.0. The van der Waals surface area contributed by atoms with Gasteiger partial charge in [0, 0.05) is 6.20 Å². The molecule has 4 nitrogen and oxygen atoms in total. The summed E-state index contributed by atoms with van der Waals surface area (Å²) in [4.78, 5) is 11.0. The predicted molar refractivity (Wildman–Crippen MR) is 62.1 cm³/mol. The van der Waals surface area contributed by atoms with Gasteiger partial charge in [0.05, 0.1) is 10.7 Å². The van der Waals surface area contributed by atoms with Gasteiger partial charge in [-0.15, -0.1) is 0 Å². The number of alkyl halides is 3. The second kappa shape index (κ2) is 4.58. The summed E-state index contributed by atoms with van der Waals surface area (Å²) in [6, 6.07) is 6.17. The normalized spacial score (nSPS) is 11.6. The molecule has 0 radical (unpaired) electrons. The van der Waals surface area contributed by atoms with Crippen molar-refractivity contribution in [3.63, 3.8) is 0 Å². The number of hydrogen-bond donors (Lipinski definition) is 1. The van der Waals surface area contributed by atoms with Crippen molar-refractivity contribution >= 4 is 17.5 Å². The molecule has 0 atom stereocenters. The molecule has 0 bridgehead atoms. The van der Waals surface area contributed by atoms with Crippen LogP contribution in [0.3, 0.4) is 0 Å². The highest BCUT2D eigenvalue weighted by atomic mass is 35.5. The first-order valence-electron chi connectivity index (χ1n) is 5.02. The van der Waals surface area contributed by atoms with Gasteiger partial charge in [0.1, 0.15) is 5.56 Å². The average Bonchev–Trinajstić information content (AvgIpc) is 2.74. The summed E-state index contributed by atoms with van der Waals surface area (Å²) in [7, 11) is 0. The van der Waals surface area contributed by atoms with Crippen LogP contribution in [0.4, 0.5) is 13.2 Å². The molecule has 1 heterocycles. The Balaban J connectivity index is 2.62. The lowest BCUT2D eigenvalue weighted by Gasteiger charge is -2.03. The van der Waals surface area contributed by atoms with Crippen molar-refractivity contribution in [2.24, 2.45) is 5.73 Å². The smallest absolute Gasteiger partial charge is 0.364 e. The van der Waals surface area contributed by atoms with Crippen LogP contribution in [0.25, 0.3) is 5.69 Å². The third-order valence-electron chi connectivity index (χ3n) is 2.35. The topological polar surface area (TPSA) is 60.9 Å². The minimum absolute atomic E-state index is 0.203. The molecule has 8 heteroatoms. The maximum Gasteiger partial charge on any atom is 0.420 e. The molecule has 0 saturated carbocycles. The summed E-state index contributed by atoms with van der Waals surface area (Å²) in [5.74, 6) is -1.25. The second-order valence-corrected chi connectivity index (χ2v) is 4.06. The van der Waals surface area contributed by atoms with E-state index in [1.54, 1.807) is 12.1 Å². The lowest BCUT2D eigenvalue weighted by Crippen LogP contribution is -2.18. The van der Waals surface area contributed by atoms with Crippen molar-refractivity contribution in [2.75, 3.05) is 0 Å². The van der Waals surface area contributed by atoms with Crippen molar-refractivity contribution in [1.82, 2.24) is 9.78 Å². The van der Waals surface area contributed by atoms with Gasteiger partial charge < -0.3 is 5.73 Å². The third-order valence-corrected chi connectivity index (χ3v) is 2.67. The van der Waals surface area contributed by atoms with E-state index in [0.29, 0.717) is 6.20 Å². The molecule has 0 fully saturated rings. The molecule has 0 aliphatic heterocycles. The van der Waals surface area contributed by atoms with Crippen LogP contribution in [0.2, 0.25) is 5.02 Å². The van der Waals surface area contributed by atoms with Gasteiger partial charge in [-0.3, -0.25) is 4.79 Å². The Kier molecular flexibility index (Phi) is 3.23. The van der Waals surface area contributed by atoms with Gasteiger partial charge in [0.2, 0.25) is 0 Å². The fourth-order valence-electron chi connectivity index (χ4n) is 1.52. The standard InChI is InChI=1S/C11H7ClF3N3O/c12-7-3-1-2-4-8(7)18-5-6(11(13,14)15)9(17-18)10(16)19/h1-5H,(H2,16,19). The minimum Gasteiger partial charge on any atom is -0.364 e. The fourth-order valence-corrected chi connectivity index (χ4v) is 1.75. The quantitative estimate of drug-likeness (QED) is 0.924. The van der Waals surface area contributed by atoms with Crippen molar-refractivity contribution in [2.45, 2.75) is 6.18 Å². The average molecular weight is 290 g/mol. The maximum absolute atomic E-state index is 12.7. The molecule has 19 heavy (non-hydrogen) atoms. The SMILES string of the molecule is NC(=O)c1nn(-c2ccccc2Cl)cc1C(F)(F)F. The zero-order chi connectivity index (χ0) is 14.2. The summed E-state index contributed by atoms with van der Waals surface area (Å²) in [5, 5.41) is 3.75. The number of nitrogens with two attached hydrogens (primary N) is 1. The van der Waals surface area contributed by atoms with Gasteiger partial charge in [-0.2, -0.15) is 18.3 Å². The van der Waals surface area contributed by atoms with Crippen molar-refractivity contribution < 1.29 is 18.0 Å². The van der Waals surface area contributed by atoms with Gasteiger partial charge in [0.15, 0.2) is 5.69 Å². The second-order valence-electron chi connectivity index (χ2n) is 3.65. The molecule has 0 spiro atoms. The molecular weight excluding hydrogens is 283 g/mol. The molecule has 1 aromatic heterocycles. The first-order chi connectivity index (χ1) is 8.80. The van der Waals surface area contributed by atoms with Crippen LogP contribution in [0.1, 0.15) is 16.1 Å². The van der Waals surface area contributed by atoms with Gasteiger partial charge >= 0.3 is 6.18 Å². The molecule has 0 saturated heterocycles. The zero-order valence-electron chi connectivity index (χ0n) is 9.28. The number of halogens is 4. The number of benzene rings is 1. The fraction of sp³-hybridized carbons (Fsp3) is 0.0909. The van der Waals surface area contributed by atoms with E-state index in [-0.39, 0.29) is 10.7 Å². The molecule has 2 N–H and O–H groups in total. The van der Waals surface area contributed by atoms with Crippen molar-refractivity contribution in [3.8, 4) is 5.69 Å². The Labute approximate surface area is 110 Å². The molecule has 1 aromatic carbocycles. The minimum atomic E-state index is -4.72. The van der Waals surface area contributed by atoms with Crippen LogP contribution in [-0.4, -0.2) is 15.7 Å². The third kappa shape index (κ3) is 2.55. The summed E-state index contributed by atoms with van der Waals surface area (Å²) in [6.07, 6.45) is -4.04. The number of carbonyl (C=O) groups excluding carboxylic acids is 1. The number of amides is 1. The van der Waals surface area contributed by atoms with E-state index in [1.165, 1.54) is 12.1 Å². The number of carbonyl (C=O) groups is 1. The highest BCUT2D eigenvalue weighted by molar-refractivity contribution is 6.32. The Bertz CT molecular complexity index is 636. The first kappa shape index (κ1) is 13.4. The molecule has 0 aliphatic rings. The number of para-hydroxylation sites is 1. The molecule has 1 amide bonds. The van der Waals surface area contributed by atoms with E-state index in [0.717, 1.165) is 4.68 Å². The van der Waals surface area contributed by atoms with Crippen LogP contribution in [-0.2, 0) is 6.18 Å². The Morgan fingerprint density at radius 3 is 2.42 bits per heavy atom. The van der Waals surface area contributed by atoms with Crippen LogP contribution < -0.4 is 5.73 Å². The number of rotatable bonds is 2. The Morgan fingerprint density at radius 2 is 1.95 bits per heavy atom. The molecule has 2 rings (SSSR count). The summed E-state index contributed by atoms with van der Waals surface area (Å²) < 4.78 is 39.1. The Morgan fingerprint density at radius 1 is 1.32 bits per heavy atom. The maximum atomic E-state index is 12.7. The summed E-state index contributed by atoms with van der Waals surface area (Å²) in [5.41, 5.74) is 3.08. The first-order valence-corrected chi connectivity index (χ1v) is 5.40. The van der Waals surface area contributed by atoms with E-state index < -0.39 is 23.3 Å². The molecule has 0 aliphatic carbocycles. The van der Waals surface area contributed by atoms with Crippen LogP contribution >= 0.6 is 11.6 Å². The number of nitrogens with zero attached hydrogens (tertiary/aromatic N) is 2. The van der Waals surface area contributed by atoms with Gasteiger partial charge in [-0.25, -0.2) is 4.68 Å². The highest BCUT2D eigenvalue weighted by Gasteiger charge is 2.38.